The van der Waals surface area contributed by atoms with Crippen LogP contribution >= 0.6 is 0 Å². The van der Waals surface area contributed by atoms with Gasteiger partial charge >= 0.3 is 0 Å². The summed E-state index contributed by atoms with van der Waals surface area (Å²) >= 11 is 0. The fourth-order valence-corrected chi connectivity index (χ4v) is 2.60. The number of hydrogen-bond donors (Lipinski definition) is 0. The van der Waals surface area contributed by atoms with Crippen LogP contribution in [0.2, 0.25) is 0 Å². The van der Waals surface area contributed by atoms with Crippen LogP contribution in [0.5, 0.6) is 0 Å². The Labute approximate surface area is 109 Å². The van der Waals surface area contributed by atoms with Gasteiger partial charge in [0.05, 0.1) is 0 Å². The largest absolute Gasteiger partial charge is 0.0651 e. The van der Waals surface area contributed by atoms with E-state index < -0.39 is 0 Å². The molecule has 0 saturated heterocycles. The first kappa shape index (κ1) is 11.3. The molecule has 18 heavy (non-hydrogen) atoms. The maximum absolute atomic E-state index is 2.35. The molecule has 0 aromatic heterocycles. The molecule has 1 aliphatic carbocycles. The molecule has 0 amide bonds. The summed E-state index contributed by atoms with van der Waals surface area (Å²) in [6, 6.07) is 17.2. The molecule has 0 heterocycles. The zero-order chi connectivity index (χ0) is 12.4. The molecule has 89 valence electrons. The Morgan fingerprint density at radius 2 is 1.72 bits per heavy atom. The summed E-state index contributed by atoms with van der Waals surface area (Å²) in [4.78, 5) is 0. The van der Waals surface area contributed by atoms with Crippen LogP contribution in [0.25, 0.3) is 17.2 Å². The highest BCUT2D eigenvalue weighted by molar-refractivity contribution is 5.83. The van der Waals surface area contributed by atoms with Crippen LogP contribution in [0.4, 0.5) is 0 Å². The van der Waals surface area contributed by atoms with Crippen LogP contribution in [0.1, 0.15) is 30.9 Å². The maximum atomic E-state index is 2.35. The SMILES string of the molecule is CCCC1=Cc2c(cccc2-c2ccccc2)[CH]1. The molecule has 0 aliphatic heterocycles. The minimum atomic E-state index is 1.17. The fraction of sp³-hybridized carbons (Fsp3) is 0.167. The van der Waals surface area contributed by atoms with Gasteiger partial charge in [-0.25, -0.2) is 0 Å². The summed E-state index contributed by atoms with van der Waals surface area (Å²) in [5, 5.41) is 0. The topological polar surface area (TPSA) is 0 Å². The summed E-state index contributed by atoms with van der Waals surface area (Å²) in [7, 11) is 0. The fourth-order valence-electron chi connectivity index (χ4n) is 2.60. The predicted molar refractivity (Wildman–Crippen MR) is 78.2 cm³/mol. The van der Waals surface area contributed by atoms with Crippen molar-refractivity contribution in [1.29, 1.82) is 0 Å². The van der Waals surface area contributed by atoms with Crippen LogP contribution in [-0.4, -0.2) is 0 Å². The van der Waals surface area contributed by atoms with E-state index in [0.717, 1.165) is 0 Å². The first-order valence-corrected chi connectivity index (χ1v) is 6.62. The third-order valence-corrected chi connectivity index (χ3v) is 3.43. The van der Waals surface area contributed by atoms with Gasteiger partial charge in [0, 0.05) is 6.42 Å². The van der Waals surface area contributed by atoms with E-state index in [4.69, 9.17) is 0 Å². The van der Waals surface area contributed by atoms with Crippen molar-refractivity contribution in [2.45, 2.75) is 19.8 Å². The van der Waals surface area contributed by atoms with Crippen LogP contribution < -0.4 is 0 Å². The van der Waals surface area contributed by atoms with Crippen molar-refractivity contribution in [2.75, 3.05) is 0 Å². The summed E-state index contributed by atoms with van der Waals surface area (Å²) in [6.45, 7) is 2.23. The molecule has 2 aromatic carbocycles. The number of hydrogen-bond acceptors (Lipinski definition) is 0. The third kappa shape index (κ3) is 1.99. The number of fused-ring (bicyclic) bond motifs is 1. The van der Waals surface area contributed by atoms with Gasteiger partial charge in [-0.05, 0) is 28.7 Å². The van der Waals surface area contributed by atoms with Gasteiger partial charge in [0.2, 0.25) is 0 Å². The molecule has 1 aliphatic rings. The van der Waals surface area contributed by atoms with Crippen molar-refractivity contribution < 1.29 is 0 Å². The molecule has 0 bridgehead atoms. The van der Waals surface area contributed by atoms with E-state index in [1.807, 2.05) is 0 Å². The van der Waals surface area contributed by atoms with Gasteiger partial charge in [0.1, 0.15) is 0 Å². The Morgan fingerprint density at radius 1 is 0.889 bits per heavy atom. The molecular weight excluding hydrogens is 216 g/mol. The zero-order valence-electron chi connectivity index (χ0n) is 10.7. The Hall–Kier alpha value is -1.82. The maximum Gasteiger partial charge on any atom is 0.0164 e. The van der Waals surface area contributed by atoms with E-state index in [9.17, 15) is 0 Å². The Kier molecular flexibility index (Phi) is 3.02. The molecule has 0 nitrogen and oxygen atoms in total. The van der Waals surface area contributed by atoms with Crippen molar-refractivity contribution in [3.05, 3.63) is 71.7 Å². The molecule has 0 saturated carbocycles. The first-order valence-electron chi connectivity index (χ1n) is 6.62. The monoisotopic (exact) mass is 233 g/mol. The Balaban J connectivity index is 2.06. The van der Waals surface area contributed by atoms with Crippen LogP contribution in [0.3, 0.4) is 0 Å². The quantitative estimate of drug-likeness (QED) is 0.691. The lowest BCUT2D eigenvalue weighted by molar-refractivity contribution is 0.924. The summed E-state index contributed by atoms with van der Waals surface area (Å²) in [5.74, 6) is 0. The van der Waals surface area contributed by atoms with Crippen molar-refractivity contribution in [3.8, 4) is 11.1 Å². The molecule has 1 radical (unpaired) electrons. The highest BCUT2D eigenvalue weighted by Crippen LogP contribution is 2.36. The van der Waals surface area contributed by atoms with Crippen molar-refractivity contribution in [1.82, 2.24) is 0 Å². The second-order valence-corrected chi connectivity index (χ2v) is 4.79. The smallest absolute Gasteiger partial charge is 0.0164 e. The van der Waals surface area contributed by atoms with E-state index >= 15 is 0 Å². The van der Waals surface area contributed by atoms with E-state index in [0.29, 0.717) is 0 Å². The summed E-state index contributed by atoms with van der Waals surface area (Å²) in [6.07, 6.45) is 7.05. The molecule has 0 N–H and O–H groups in total. The Morgan fingerprint density at radius 3 is 2.50 bits per heavy atom. The zero-order valence-corrected chi connectivity index (χ0v) is 10.7. The summed E-state index contributed by atoms with van der Waals surface area (Å²) in [5.41, 5.74) is 6.84. The van der Waals surface area contributed by atoms with Gasteiger partial charge in [-0.1, -0.05) is 73.5 Å². The highest BCUT2D eigenvalue weighted by Gasteiger charge is 2.15. The number of allylic oxidation sites excluding steroid dienone is 1. The minimum absolute atomic E-state index is 1.17. The predicted octanol–water partition coefficient (Wildman–Crippen LogP) is 5.10. The molecule has 3 rings (SSSR count). The van der Waals surface area contributed by atoms with E-state index in [1.165, 1.54) is 40.7 Å². The number of rotatable bonds is 3. The second-order valence-electron chi connectivity index (χ2n) is 4.79. The van der Waals surface area contributed by atoms with Gasteiger partial charge < -0.3 is 0 Å². The molecule has 0 fully saturated rings. The average Bonchev–Trinajstić information content (AvgIpc) is 2.82. The van der Waals surface area contributed by atoms with Crippen LogP contribution in [0.15, 0.2) is 54.1 Å². The molecule has 0 spiro atoms. The van der Waals surface area contributed by atoms with Crippen molar-refractivity contribution in [3.63, 3.8) is 0 Å². The average molecular weight is 233 g/mol. The van der Waals surface area contributed by atoms with Crippen molar-refractivity contribution >= 4 is 6.08 Å². The van der Waals surface area contributed by atoms with Crippen LogP contribution in [0, 0.1) is 6.42 Å². The van der Waals surface area contributed by atoms with Gasteiger partial charge in [0.25, 0.3) is 0 Å². The Bertz CT molecular complexity index is 576. The molecule has 2 aromatic rings. The standard InChI is InChI=1S/C18H17/c1-2-7-14-12-16-10-6-11-17(18(16)13-14)15-8-4-3-5-9-15/h3-6,8-13H,2,7H2,1H3. The molecule has 0 unspecified atom stereocenters. The minimum Gasteiger partial charge on any atom is -0.0651 e. The molecule has 0 heteroatoms. The third-order valence-electron chi connectivity index (χ3n) is 3.43. The lowest BCUT2D eigenvalue weighted by atomic mass is 9.97. The highest BCUT2D eigenvalue weighted by atomic mass is 14.2. The van der Waals surface area contributed by atoms with Gasteiger partial charge in [-0.2, -0.15) is 0 Å². The first-order chi connectivity index (χ1) is 8.88. The molecule has 0 atom stereocenters. The normalized spacial score (nSPS) is 13.3. The van der Waals surface area contributed by atoms with Crippen molar-refractivity contribution in [2.24, 2.45) is 0 Å². The van der Waals surface area contributed by atoms with E-state index in [-0.39, 0.29) is 0 Å². The van der Waals surface area contributed by atoms with Gasteiger partial charge in [-0.15, -0.1) is 0 Å². The molecular formula is C18H17. The van der Waals surface area contributed by atoms with Gasteiger partial charge in [0.15, 0.2) is 0 Å². The number of benzene rings is 2. The lowest BCUT2D eigenvalue weighted by Crippen LogP contribution is -1.85. The van der Waals surface area contributed by atoms with E-state index in [1.54, 1.807) is 0 Å². The van der Waals surface area contributed by atoms with E-state index in [2.05, 4.69) is 68.0 Å². The second kappa shape index (κ2) is 4.81. The van der Waals surface area contributed by atoms with Crippen LogP contribution in [-0.2, 0) is 0 Å². The lowest BCUT2D eigenvalue weighted by Gasteiger charge is -2.07. The summed E-state index contributed by atoms with van der Waals surface area (Å²) < 4.78 is 0. The van der Waals surface area contributed by atoms with Gasteiger partial charge in [-0.3, -0.25) is 0 Å².